The molecule has 0 spiro atoms. The first-order chi connectivity index (χ1) is 7.90. The molecule has 88 valence electrons. The number of nitrogens with one attached hydrogen (secondary N) is 1. The van der Waals surface area contributed by atoms with E-state index in [9.17, 15) is 0 Å². The van der Waals surface area contributed by atoms with Gasteiger partial charge in [-0.1, -0.05) is 5.16 Å². The summed E-state index contributed by atoms with van der Waals surface area (Å²) in [6.45, 7) is 2.45. The van der Waals surface area contributed by atoms with Crippen LogP contribution in [-0.4, -0.2) is 35.9 Å². The van der Waals surface area contributed by atoms with Gasteiger partial charge in [-0.05, 0) is 18.8 Å². The van der Waals surface area contributed by atoms with Crippen LogP contribution in [0.15, 0.2) is 4.52 Å². The predicted molar refractivity (Wildman–Crippen MR) is 57.0 cm³/mol. The second kappa shape index (κ2) is 4.51. The van der Waals surface area contributed by atoms with E-state index in [1.807, 2.05) is 0 Å². The Morgan fingerprint density at radius 3 is 3.00 bits per heavy atom. The lowest BCUT2D eigenvalue weighted by molar-refractivity contribution is 0.0744. The fraction of sp³-hybridized carbons (Fsp3) is 0.818. The van der Waals surface area contributed by atoms with Crippen LogP contribution in [-0.2, 0) is 17.6 Å². The van der Waals surface area contributed by atoms with Crippen molar-refractivity contribution in [3.05, 3.63) is 11.7 Å². The van der Waals surface area contributed by atoms with Crippen molar-refractivity contribution in [3.8, 4) is 0 Å². The predicted octanol–water partition coefficient (Wildman–Crippen LogP) is 0.553. The maximum Gasteiger partial charge on any atom is 0.228 e. The van der Waals surface area contributed by atoms with Crippen molar-refractivity contribution < 1.29 is 9.26 Å². The van der Waals surface area contributed by atoms with Gasteiger partial charge in [0, 0.05) is 25.4 Å². The topological polar surface area (TPSA) is 60.2 Å². The largest absolute Gasteiger partial charge is 0.378 e. The first-order valence-electron chi connectivity index (χ1n) is 6.03. The summed E-state index contributed by atoms with van der Waals surface area (Å²) in [6, 6.07) is 0.322. The summed E-state index contributed by atoms with van der Waals surface area (Å²) in [6.07, 6.45) is 4.40. The smallest absolute Gasteiger partial charge is 0.228 e. The molecule has 1 aliphatic heterocycles. The molecule has 2 fully saturated rings. The second-order valence-electron chi connectivity index (χ2n) is 4.68. The van der Waals surface area contributed by atoms with E-state index in [2.05, 4.69) is 15.5 Å². The Balaban J connectivity index is 1.54. The third-order valence-electron chi connectivity index (χ3n) is 3.10. The second-order valence-corrected chi connectivity index (χ2v) is 4.68. The van der Waals surface area contributed by atoms with Crippen molar-refractivity contribution in [2.24, 2.45) is 5.92 Å². The molecule has 2 heterocycles. The van der Waals surface area contributed by atoms with E-state index < -0.39 is 0 Å². The summed E-state index contributed by atoms with van der Waals surface area (Å²) in [5.41, 5.74) is 0. The average molecular weight is 223 g/mol. The van der Waals surface area contributed by atoms with Gasteiger partial charge in [0.2, 0.25) is 5.89 Å². The monoisotopic (exact) mass is 223 g/mol. The fourth-order valence-corrected chi connectivity index (χ4v) is 2.00. The lowest BCUT2D eigenvalue weighted by Crippen LogP contribution is -2.42. The fourth-order valence-electron chi connectivity index (χ4n) is 2.00. The third-order valence-corrected chi connectivity index (χ3v) is 3.10. The van der Waals surface area contributed by atoms with Crippen LogP contribution in [0.3, 0.4) is 0 Å². The summed E-state index contributed by atoms with van der Waals surface area (Å²) in [4.78, 5) is 4.41. The van der Waals surface area contributed by atoms with Crippen molar-refractivity contribution in [3.63, 3.8) is 0 Å². The average Bonchev–Trinajstić information content (AvgIpc) is 3.01. The number of hydrogen-bond acceptors (Lipinski definition) is 5. The number of nitrogens with zero attached hydrogens (tertiary/aromatic N) is 2. The van der Waals surface area contributed by atoms with Gasteiger partial charge >= 0.3 is 0 Å². The molecule has 1 atom stereocenters. The van der Waals surface area contributed by atoms with Crippen LogP contribution in [0.5, 0.6) is 0 Å². The van der Waals surface area contributed by atoms with Gasteiger partial charge in [0.1, 0.15) is 0 Å². The molecular formula is C11H17N3O2. The number of aromatic nitrogens is 2. The first-order valence-corrected chi connectivity index (χ1v) is 6.03. The molecule has 1 aromatic rings. The van der Waals surface area contributed by atoms with E-state index in [-0.39, 0.29) is 0 Å². The minimum Gasteiger partial charge on any atom is -0.378 e. The van der Waals surface area contributed by atoms with E-state index in [1.54, 1.807) is 0 Å². The highest BCUT2D eigenvalue weighted by Crippen LogP contribution is 2.31. The molecule has 1 saturated carbocycles. The Labute approximate surface area is 94.6 Å². The summed E-state index contributed by atoms with van der Waals surface area (Å²) in [5.74, 6) is 2.41. The number of morpholine rings is 1. The van der Waals surface area contributed by atoms with Crippen molar-refractivity contribution in [1.82, 2.24) is 15.5 Å². The summed E-state index contributed by atoms with van der Waals surface area (Å²) in [7, 11) is 0. The van der Waals surface area contributed by atoms with Crippen molar-refractivity contribution in [2.45, 2.75) is 31.7 Å². The number of rotatable bonds is 4. The molecule has 2 aliphatic rings. The van der Waals surface area contributed by atoms with Gasteiger partial charge in [0.25, 0.3) is 0 Å². The van der Waals surface area contributed by atoms with Gasteiger partial charge in [0.05, 0.1) is 13.2 Å². The molecule has 1 saturated heterocycles. The van der Waals surface area contributed by atoms with E-state index >= 15 is 0 Å². The maximum atomic E-state index is 5.38. The highest BCUT2D eigenvalue weighted by molar-refractivity contribution is 4.94. The quantitative estimate of drug-likeness (QED) is 0.808. The molecule has 0 aromatic carbocycles. The highest BCUT2D eigenvalue weighted by Gasteiger charge is 2.24. The zero-order valence-electron chi connectivity index (χ0n) is 9.32. The van der Waals surface area contributed by atoms with Crippen LogP contribution in [0, 0.1) is 5.92 Å². The molecule has 0 bridgehead atoms. The molecule has 1 aromatic heterocycles. The molecule has 0 radical (unpaired) electrons. The lowest BCUT2D eigenvalue weighted by atomic mass is 10.2. The number of ether oxygens (including phenoxy) is 1. The van der Waals surface area contributed by atoms with Gasteiger partial charge in [-0.15, -0.1) is 0 Å². The van der Waals surface area contributed by atoms with Gasteiger partial charge < -0.3 is 14.6 Å². The van der Waals surface area contributed by atoms with Crippen LogP contribution in [0.4, 0.5) is 0 Å². The van der Waals surface area contributed by atoms with Gasteiger partial charge in [-0.3, -0.25) is 0 Å². The zero-order valence-corrected chi connectivity index (χ0v) is 9.32. The summed E-state index contributed by atoms with van der Waals surface area (Å²) < 4.78 is 10.6. The molecule has 1 N–H and O–H groups in total. The van der Waals surface area contributed by atoms with Crippen LogP contribution in [0.25, 0.3) is 0 Å². The molecule has 1 unspecified atom stereocenters. The Kier molecular flexibility index (Phi) is 2.88. The molecule has 16 heavy (non-hydrogen) atoms. The number of hydrogen-bond donors (Lipinski definition) is 1. The summed E-state index contributed by atoms with van der Waals surface area (Å²) >= 11 is 0. The van der Waals surface area contributed by atoms with Gasteiger partial charge in [-0.2, -0.15) is 4.98 Å². The maximum absolute atomic E-state index is 5.38. The van der Waals surface area contributed by atoms with E-state index in [0.29, 0.717) is 6.04 Å². The van der Waals surface area contributed by atoms with Crippen molar-refractivity contribution in [1.29, 1.82) is 0 Å². The minimum atomic E-state index is 0.322. The Hall–Kier alpha value is -0.940. The molecule has 3 rings (SSSR count). The standard InChI is InChI=1S/C11H17N3O2/c1-2-8(1)5-10-13-11(16-14-10)6-9-7-15-4-3-12-9/h8-9,12H,1-7H2. The van der Waals surface area contributed by atoms with Crippen molar-refractivity contribution in [2.75, 3.05) is 19.8 Å². The van der Waals surface area contributed by atoms with E-state index in [1.165, 1.54) is 12.8 Å². The molecule has 5 heteroatoms. The van der Waals surface area contributed by atoms with Crippen LogP contribution < -0.4 is 5.32 Å². The molecule has 1 aliphatic carbocycles. The summed E-state index contributed by atoms with van der Waals surface area (Å²) in [5, 5.41) is 7.38. The van der Waals surface area contributed by atoms with Crippen LogP contribution >= 0.6 is 0 Å². The van der Waals surface area contributed by atoms with Gasteiger partial charge in [0.15, 0.2) is 5.82 Å². The Morgan fingerprint density at radius 1 is 1.31 bits per heavy atom. The molecular weight excluding hydrogens is 206 g/mol. The Bertz CT molecular complexity index is 343. The van der Waals surface area contributed by atoms with Crippen molar-refractivity contribution >= 4 is 0 Å². The van der Waals surface area contributed by atoms with E-state index in [4.69, 9.17) is 9.26 Å². The molecule has 0 amide bonds. The van der Waals surface area contributed by atoms with Crippen LogP contribution in [0.1, 0.15) is 24.6 Å². The first kappa shape index (κ1) is 10.2. The normalized spacial score (nSPS) is 25.9. The van der Waals surface area contributed by atoms with E-state index in [0.717, 1.165) is 50.2 Å². The Morgan fingerprint density at radius 2 is 2.25 bits per heavy atom. The molecule has 5 nitrogen and oxygen atoms in total. The zero-order chi connectivity index (χ0) is 10.8. The third kappa shape index (κ3) is 2.59. The lowest BCUT2D eigenvalue weighted by Gasteiger charge is -2.22. The minimum absolute atomic E-state index is 0.322. The van der Waals surface area contributed by atoms with Crippen LogP contribution in [0.2, 0.25) is 0 Å². The van der Waals surface area contributed by atoms with Gasteiger partial charge in [-0.25, -0.2) is 0 Å². The SMILES string of the molecule is C1COCC(Cc2nc(CC3CC3)no2)N1. The highest BCUT2D eigenvalue weighted by atomic mass is 16.5.